The Kier molecular flexibility index (Phi) is 4.52. The third-order valence-corrected chi connectivity index (χ3v) is 4.18. The van der Waals surface area contributed by atoms with Gasteiger partial charge in [-0.3, -0.25) is 0 Å². The predicted molar refractivity (Wildman–Crippen MR) is 79.6 cm³/mol. The zero-order valence-corrected chi connectivity index (χ0v) is 12.6. The number of hydrogen-bond acceptors (Lipinski definition) is 2. The average molecular weight is 294 g/mol. The molecule has 1 aliphatic carbocycles. The van der Waals surface area contributed by atoms with E-state index in [0.29, 0.717) is 6.54 Å². The van der Waals surface area contributed by atoms with Crippen LogP contribution < -0.4 is 10.6 Å². The van der Waals surface area contributed by atoms with Crippen molar-refractivity contribution in [3.05, 3.63) is 35.6 Å². The van der Waals surface area contributed by atoms with Crippen molar-refractivity contribution in [2.45, 2.75) is 44.1 Å². The van der Waals surface area contributed by atoms with Crippen LogP contribution in [-0.2, 0) is 5.41 Å². The summed E-state index contributed by atoms with van der Waals surface area (Å²) in [7, 11) is 0. The van der Waals surface area contributed by atoms with E-state index in [2.05, 4.69) is 10.6 Å². The highest BCUT2D eigenvalue weighted by Gasteiger charge is 2.34. The van der Waals surface area contributed by atoms with Crippen LogP contribution in [0.4, 0.5) is 9.18 Å². The smallest absolute Gasteiger partial charge is 0.314 e. The number of hydrogen-bond donors (Lipinski definition) is 3. The maximum absolute atomic E-state index is 12.9. The van der Waals surface area contributed by atoms with Gasteiger partial charge in [0.15, 0.2) is 0 Å². The van der Waals surface area contributed by atoms with Gasteiger partial charge in [-0.15, -0.1) is 0 Å². The van der Waals surface area contributed by atoms with Crippen molar-refractivity contribution >= 4 is 6.03 Å². The van der Waals surface area contributed by atoms with Crippen LogP contribution in [0, 0.1) is 5.82 Å². The van der Waals surface area contributed by atoms with Gasteiger partial charge in [-0.05, 0) is 37.0 Å². The number of nitrogens with one attached hydrogen (secondary N) is 2. The summed E-state index contributed by atoms with van der Waals surface area (Å²) in [4.78, 5) is 11.8. The van der Waals surface area contributed by atoms with Crippen molar-refractivity contribution in [1.82, 2.24) is 10.6 Å². The zero-order chi connectivity index (χ0) is 15.5. The Bertz CT molecular complexity index is 496. The lowest BCUT2D eigenvalue weighted by Crippen LogP contribution is -2.51. The average Bonchev–Trinajstić information content (AvgIpc) is 2.41. The van der Waals surface area contributed by atoms with E-state index in [1.165, 1.54) is 12.1 Å². The van der Waals surface area contributed by atoms with Gasteiger partial charge in [0.25, 0.3) is 0 Å². The number of amides is 2. The van der Waals surface area contributed by atoms with Gasteiger partial charge in [0.05, 0.1) is 5.60 Å². The lowest BCUT2D eigenvalue weighted by atomic mass is 9.80. The number of benzene rings is 1. The summed E-state index contributed by atoms with van der Waals surface area (Å²) >= 11 is 0. The summed E-state index contributed by atoms with van der Waals surface area (Å²) in [5.74, 6) is -0.269. The van der Waals surface area contributed by atoms with Gasteiger partial charge in [-0.1, -0.05) is 26.0 Å². The summed E-state index contributed by atoms with van der Waals surface area (Å²) in [6.45, 7) is 4.69. The first-order valence-electron chi connectivity index (χ1n) is 7.31. The topological polar surface area (TPSA) is 61.4 Å². The van der Waals surface area contributed by atoms with Crippen molar-refractivity contribution in [3.63, 3.8) is 0 Å². The molecule has 5 heteroatoms. The van der Waals surface area contributed by atoms with E-state index in [1.54, 1.807) is 12.1 Å². The first-order chi connectivity index (χ1) is 9.81. The van der Waals surface area contributed by atoms with Crippen molar-refractivity contribution in [3.8, 4) is 0 Å². The highest BCUT2D eigenvalue weighted by molar-refractivity contribution is 5.74. The molecule has 1 aliphatic rings. The van der Waals surface area contributed by atoms with Crippen LogP contribution in [0.3, 0.4) is 0 Å². The molecule has 0 saturated heterocycles. The van der Waals surface area contributed by atoms with Gasteiger partial charge >= 0.3 is 6.03 Å². The lowest BCUT2D eigenvalue weighted by Gasteiger charge is -2.36. The molecule has 1 aromatic rings. The maximum Gasteiger partial charge on any atom is 0.314 e. The van der Waals surface area contributed by atoms with Crippen LogP contribution in [0.5, 0.6) is 0 Å². The maximum atomic E-state index is 12.9. The van der Waals surface area contributed by atoms with Crippen LogP contribution in [-0.4, -0.2) is 29.8 Å². The van der Waals surface area contributed by atoms with E-state index in [1.807, 2.05) is 13.8 Å². The molecule has 0 atom stereocenters. The van der Waals surface area contributed by atoms with Crippen molar-refractivity contribution in [1.29, 1.82) is 0 Å². The molecule has 1 aromatic carbocycles. The van der Waals surface area contributed by atoms with Crippen LogP contribution in [0.2, 0.25) is 0 Å². The monoisotopic (exact) mass is 294 g/mol. The predicted octanol–water partition coefficient (Wildman–Crippen LogP) is 2.32. The molecule has 2 rings (SSSR count). The summed E-state index contributed by atoms with van der Waals surface area (Å²) in [6, 6.07) is 6.01. The fourth-order valence-electron chi connectivity index (χ4n) is 2.37. The summed E-state index contributed by atoms with van der Waals surface area (Å²) < 4.78 is 12.9. The minimum atomic E-state index is -0.718. The minimum absolute atomic E-state index is 0.269. The van der Waals surface area contributed by atoms with Gasteiger partial charge in [0.2, 0.25) is 0 Å². The largest absolute Gasteiger partial charge is 0.388 e. The second-order valence-electron chi connectivity index (χ2n) is 6.50. The van der Waals surface area contributed by atoms with Gasteiger partial charge < -0.3 is 15.7 Å². The summed E-state index contributed by atoms with van der Waals surface area (Å²) in [5.41, 5.74) is -0.0517. The SMILES string of the molecule is CC(C)(CNC(=O)NCC1(O)CCC1)c1ccc(F)cc1. The highest BCUT2D eigenvalue weighted by Crippen LogP contribution is 2.30. The van der Waals surface area contributed by atoms with E-state index in [0.717, 1.165) is 24.8 Å². The molecule has 0 aliphatic heterocycles. The van der Waals surface area contributed by atoms with Crippen molar-refractivity contribution in [2.75, 3.05) is 13.1 Å². The molecule has 1 fully saturated rings. The Labute approximate surface area is 124 Å². The van der Waals surface area contributed by atoms with Crippen LogP contribution in [0.15, 0.2) is 24.3 Å². The molecule has 0 aromatic heterocycles. The number of aliphatic hydroxyl groups is 1. The van der Waals surface area contributed by atoms with Crippen molar-refractivity contribution < 1.29 is 14.3 Å². The first kappa shape index (κ1) is 15.8. The zero-order valence-electron chi connectivity index (χ0n) is 12.6. The Morgan fingerprint density at radius 3 is 2.43 bits per heavy atom. The number of carbonyl (C=O) groups excluding carboxylic acids is 1. The highest BCUT2D eigenvalue weighted by atomic mass is 19.1. The summed E-state index contributed by atoms with van der Waals surface area (Å²) in [6.07, 6.45) is 2.50. The third kappa shape index (κ3) is 4.17. The molecular weight excluding hydrogens is 271 g/mol. The molecule has 4 nitrogen and oxygen atoms in total. The summed E-state index contributed by atoms with van der Waals surface area (Å²) in [5, 5.41) is 15.4. The first-order valence-corrected chi connectivity index (χ1v) is 7.31. The quantitative estimate of drug-likeness (QED) is 0.780. The molecule has 0 heterocycles. The standard InChI is InChI=1S/C16H23FN2O2/c1-15(2,12-4-6-13(17)7-5-12)10-18-14(20)19-11-16(21)8-3-9-16/h4-7,21H,3,8-11H2,1-2H3,(H2,18,19,20). The lowest BCUT2D eigenvalue weighted by molar-refractivity contribution is -0.0290. The normalized spacial score (nSPS) is 17.0. The third-order valence-electron chi connectivity index (χ3n) is 4.18. The molecule has 1 saturated carbocycles. The number of urea groups is 1. The fraction of sp³-hybridized carbons (Fsp3) is 0.562. The Morgan fingerprint density at radius 1 is 1.29 bits per heavy atom. The van der Waals surface area contributed by atoms with E-state index in [4.69, 9.17) is 0 Å². The van der Waals surface area contributed by atoms with E-state index < -0.39 is 5.60 Å². The molecule has 116 valence electrons. The molecule has 0 radical (unpaired) electrons. The second-order valence-corrected chi connectivity index (χ2v) is 6.50. The van der Waals surface area contributed by atoms with Crippen molar-refractivity contribution in [2.24, 2.45) is 0 Å². The minimum Gasteiger partial charge on any atom is -0.388 e. The van der Waals surface area contributed by atoms with E-state index >= 15 is 0 Å². The molecule has 0 unspecified atom stereocenters. The molecule has 2 amide bonds. The van der Waals surface area contributed by atoms with Gasteiger partial charge in [0, 0.05) is 18.5 Å². The molecule has 3 N–H and O–H groups in total. The van der Waals surface area contributed by atoms with E-state index in [9.17, 15) is 14.3 Å². The van der Waals surface area contributed by atoms with Gasteiger partial charge in [-0.2, -0.15) is 0 Å². The fourth-order valence-corrected chi connectivity index (χ4v) is 2.37. The van der Waals surface area contributed by atoms with Crippen LogP contribution in [0.25, 0.3) is 0 Å². The Morgan fingerprint density at radius 2 is 1.90 bits per heavy atom. The number of rotatable bonds is 5. The molecule has 0 bridgehead atoms. The Balaban J connectivity index is 1.80. The number of carbonyl (C=O) groups is 1. The van der Waals surface area contributed by atoms with Crippen LogP contribution >= 0.6 is 0 Å². The molecule has 21 heavy (non-hydrogen) atoms. The second kappa shape index (κ2) is 6.02. The van der Waals surface area contributed by atoms with Gasteiger partial charge in [-0.25, -0.2) is 9.18 Å². The Hall–Kier alpha value is -1.62. The van der Waals surface area contributed by atoms with Gasteiger partial charge in [0.1, 0.15) is 5.82 Å². The van der Waals surface area contributed by atoms with Crippen LogP contribution in [0.1, 0.15) is 38.7 Å². The molecular formula is C16H23FN2O2. The molecule has 0 spiro atoms. The van der Waals surface area contributed by atoms with E-state index in [-0.39, 0.29) is 23.8 Å². The number of halogens is 1.